The summed E-state index contributed by atoms with van der Waals surface area (Å²) in [5.74, 6) is 0.520. The Bertz CT molecular complexity index is 275. The highest BCUT2D eigenvalue weighted by Crippen LogP contribution is 2.07. The first-order chi connectivity index (χ1) is 7.26. The normalized spacial score (nSPS) is 10.7. The Morgan fingerprint density at radius 3 is 2.53 bits per heavy atom. The third-order valence-corrected chi connectivity index (χ3v) is 2.36. The fourth-order valence-electron chi connectivity index (χ4n) is 1.20. The lowest BCUT2D eigenvalue weighted by Gasteiger charge is -2.17. The number of ether oxygens (including phenoxy) is 1. The second-order valence-corrected chi connectivity index (χ2v) is 3.46. The first kappa shape index (κ1) is 12.2. The highest BCUT2D eigenvalue weighted by molar-refractivity contribution is 6.29. The molecule has 84 valence electrons. The van der Waals surface area contributed by atoms with Crippen molar-refractivity contribution in [3.05, 3.63) is 17.3 Å². The van der Waals surface area contributed by atoms with Gasteiger partial charge in [-0.05, 0) is 19.2 Å². The van der Waals surface area contributed by atoms with Crippen LogP contribution in [0.3, 0.4) is 0 Å². The van der Waals surface area contributed by atoms with Crippen molar-refractivity contribution < 1.29 is 4.74 Å². The second kappa shape index (κ2) is 6.58. The molecule has 0 radical (unpaired) electrons. The van der Waals surface area contributed by atoms with Crippen LogP contribution in [-0.4, -0.2) is 41.3 Å². The van der Waals surface area contributed by atoms with Gasteiger partial charge in [0.25, 0.3) is 0 Å². The second-order valence-electron chi connectivity index (χ2n) is 3.07. The molecular weight excluding hydrogens is 214 g/mol. The first-order valence-corrected chi connectivity index (χ1v) is 5.48. The molecular formula is C10H16ClN3O. The quantitative estimate of drug-likeness (QED) is 0.746. The van der Waals surface area contributed by atoms with Crippen LogP contribution in [0, 0.1) is 0 Å². The number of halogens is 1. The zero-order valence-electron chi connectivity index (χ0n) is 9.11. The van der Waals surface area contributed by atoms with Crippen LogP contribution < -0.4 is 4.74 Å². The summed E-state index contributed by atoms with van der Waals surface area (Å²) in [5, 5.41) is 7.88. The monoisotopic (exact) mass is 229 g/mol. The molecule has 0 bridgehead atoms. The Morgan fingerprint density at radius 2 is 2.00 bits per heavy atom. The van der Waals surface area contributed by atoms with Gasteiger partial charge in [0.05, 0.1) is 0 Å². The number of aromatic nitrogens is 2. The van der Waals surface area contributed by atoms with Gasteiger partial charge in [0, 0.05) is 12.6 Å². The summed E-state index contributed by atoms with van der Waals surface area (Å²) in [4.78, 5) is 2.28. The average molecular weight is 230 g/mol. The van der Waals surface area contributed by atoms with Crippen LogP contribution in [0.2, 0.25) is 5.15 Å². The third kappa shape index (κ3) is 4.44. The van der Waals surface area contributed by atoms with Crippen LogP contribution in [0.25, 0.3) is 0 Å². The van der Waals surface area contributed by atoms with E-state index in [-0.39, 0.29) is 0 Å². The van der Waals surface area contributed by atoms with E-state index in [0.717, 1.165) is 19.6 Å². The van der Waals surface area contributed by atoms with Gasteiger partial charge in [0.1, 0.15) is 6.61 Å². The summed E-state index contributed by atoms with van der Waals surface area (Å²) in [7, 11) is 0. The average Bonchev–Trinajstić information content (AvgIpc) is 2.27. The smallest absolute Gasteiger partial charge is 0.233 e. The third-order valence-electron chi connectivity index (χ3n) is 2.16. The molecule has 4 nitrogen and oxygen atoms in total. The lowest BCUT2D eigenvalue weighted by atomic mass is 10.5. The molecule has 0 saturated carbocycles. The van der Waals surface area contributed by atoms with E-state index < -0.39 is 0 Å². The van der Waals surface area contributed by atoms with E-state index in [2.05, 4.69) is 28.9 Å². The molecule has 1 aromatic rings. The van der Waals surface area contributed by atoms with E-state index in [1.165, 1.54) is 0 Å². The largest absolute Gasteiger partial charge is 0.475 e. The van der Waals surface area contributed by atoms with Gasteiger partial charge in [-0.1, -0.05) is 25.4 Å². The minimum absolute atomic E-state index is 0.381. The molecule has 0 unspecified atom stereocenters. The van der Waals surface area contributed by atoms with Gasteiger partial charge in [0.15, 0.2) is 5.15 Å². The van der Waals surface area contributed by atoms with Gasteiger partial charge < -0.3 is 9.64 Å². The van der Waals surface area contributed by atoms with E-state index in [0.29, 0.717) is 17.6 Å². The van der Waals surface area contributed by atoms with Crippen molar-refractivity contribution in [1.82, 2.24) is 15.1 Å². The maximum Gasteiger partial charge on any atom is 0.233 e. The number of likely N-dealkylation sites (N-methyl/N-ethyl adjacent to an activating group) is 1. The molecule has 0 aromatic carbocycles. The molecule has 0 amide bonds. The predicted molar refractivity (Wildman–Crippen MR) is 60.3 cm³/mol. The van der Waals surface area contributed by atoms with E-state index in [1.807, 2.05) is 0 Å². The van der Waals surface area contributed by atoms with Gasteiger partial charge >= 0.3 is 0 Å². The molecule has 15 heavy (non-hydrogen) atoms. The summed E-state index contributed by atoms with van der Waals surface area (Å²) in [6, 6.07) is 3.39. The van der Waals surface area contributed by atoms with Gasteiger partial charge in [-0.25, -0.2) is 0 Å². The number of hydrogen-bond donors (Lipinski definition) is 0. The van der Waals surface area contributed by atoms with E-state index in [9.17, 15) is 0 Å². The molecule has 0 fully saturated rings. The highest BCUT2D eigenvalue weighted by atomic mass is 35.5. The van der Waals surface area contributed by atoms with Crippen LogP contribution in [0.4, 0.5) is 0 Å². The minimum Gasteiger partial charge on any atom is -0.475 e. The molecule has 0 aliphatic heterocycles. The standard InChI is InChI=1S/C10H16ClN3O/c1-3-14(4-2)7-8-15-10-6-5-9(11)12-13-10/h5-6H,3-4,7-8H2,1-2H3. The summed E-state index contributed by atoms with van der Waals surface area (Å²) < 4.78 is 5.42. The van der Waals surface area contributed by atoms with Crippen molar-refractivity contribution in [1.29, 1.82) is 0 Å². The SMILES string of the molecule is CCN(CC)CCOc1ccc(Cl)nn1. The lowest BCUT2D eigenvalue weighted by molar-refractivity contribution is 0.216. The first-order valence-electron chi connectivity index (χ1n) is 5.10. The number of rotatable bonds is 6. The Kier molecular flexibility index (Phi) is 5.36. The van der Waals surface area contributed by atoms with Gasteiger partial charge in [0.2, 0.25) is 5.88 Å². The Balaban J connectivity index is 2.28. The molecule has 1 aromatic heterocycles. The van der Waals surface area contributed by atoms with Crippen molar-refractivity contribution in [2.45, 2.75) is 13.8 Å². The summed E-state index contributed by atoms with van der Waals surface area (Å²) in [6.07, 6.45) is 0. The highest BCUT2D eigenvalue weighted by Gasteiger charge is 2.00. The zero-order valence-corrected chi connectivity index (χ0v) is 9.87. The van der Waals surface area contributed by atoms with Crippen LogP contribution >= 0.6 is 11.6 Å². The maximum absolute atomic E-state index is 5.60. The van der Waals surface area contributed by atoms with Crippen LogP contribution in [0.5, 0.6) is 5.88 Å². The molecule has 1 rings (SSSR count). The summed E-state index contributed by atoms with van der Waals surface area (Å²) in [6.45, 7) is 7.85. The van der Waals surface area contributed by atoms with Gasteiger partial charge in [-0.2, -0.15) is 0 Å². The fourth-order valence-corrected chi connectivity index (χ4v) is 1.30. The van der Waals surface area contributed by atoms with Crippen molar-refractivity contribution >= 4 is 11.6 Å². The van der Waals surface area contributed by atoms with E-state index >= 15 is 0 Å². The van der Waals surface area contributed by atoms with Crippen molar-refractivity contribution in [2.24, 2.45) is 0 Å². The van der Waals surface area contributed by atoms with Crippen molar-refractivity contribution in [3.63, 3.8) is 0 Å². The molecule has 1 heterocycles. The summed E-state index contributed by atoms with van der Waals surface area (Å²) >= 11 is 5.60. The molecule has 5 heteroatoms. The zero-order chi connectivity index (χ0) is 11.1. The molecule has 0 saturated heterocycles. The Hall–Kier alpha value is -0.870. The lowest BCUT2D eigenvalue weighted by Crippen LogP contribution is -2.28. The Morgan fingerprint density at radius 1 is 1.27 bits per heavy atom. The van der Waals surface area contributed by atoms with E-state index in [1.54, 1.807) is 12.1 Å². The maximum atomic E-state index is 5.60. The summed E-state index contributed by atoms with van der Waals surface area (Å²) in [5.41, 5.74) is 0. The number of nitrogens with zero attached hydrogens (tertiary/aromatic N) is 3. The van der Waals surface area contributed by atoms with E-state index in [4.69, 9.17) is 16.3 Å². The van der Waals surface area contributed by atoms with Gasteiger partial charge in [-0.3, -0.25) is 0 Å². The minimum atomic E-state index is 0.381. The molecule has 0 spiro atoms. The molecule has 0 aliphatic carbocycles. The fraction of sp³-hybridized carbons (Fsp3) is 0.600. The van der Waals surface area contributed by atoms with Crippen LogP contribution in [0.15, 0.2) is 12.1 Å². The molecule has 0 N–H and O–H groups in total. The Labute approximate surface area is 95.2 Å². The van der Waals surface area contributed by atoms with Crippen molar-refractivity contribution in [2.75, 3.05) is 26.2 Å². The number of hydrogen-bond acceptors (Lipinski definition) is 4. The predicted octanol–water partition coefficient (Wildman–Crippen LogP) is 1.85. The topological polar surface area (TPSA) is 38.2 Å². The van der Waals surface area contributed by atoms with Crippen molar-refractivity contribution in [3.8, 4) is 5.88 Å². The molecule has 0 atom stereocenters. The van der Waals surface area contributed by atoms with Crippen LogP contribution in [-0.2, 0) is 0 Å². The molecule has 0 aliphatic rings. The van der Waals surface area contributed by atoms with Crippen LogP contribution in [0.1, 0.15) is 13.8 Å². The van der Waals surface area contributed by atoms with Gasteiger partial charge in [-0.15, -0.1) is 10.2 Å².